The minimum Gasteiger partial charge on any atom is -0.497 e. The quantitative estimate of drug-likeness (QED) is 0.769. The monoisotopic (exact) mass is 356 g/mol. The third kappa shape index (κ3) is 4.69. The van der Waals surface area contributed by atoms with Crippen molar-refractivity contribution in [3.63, 3.8) is 0 Å². The van der Waals surface area contributed by atoms with E-state index in [4.69, 9.17) is 4.74 Å². The van der Waals surface area contributed by atoms with E-state index in [0.29, 0.717) is 5.75 Å². The van der Waals surface area contributed by atoms with Gasteiger partial charge in [0.25, 0.3) is 0 Å². The molecule has 2 aromatic carbocycles. The molecule has 5 heteroatoms. The van der Waals surface area contributed by atoms with Crippen molar-refractivity contribution in [2.24, 2.45) is 0 Å². The second-order valence-electron chi connectivity index (χ2n) is 6.17. The van der Waals surface area contributed by atoms with Crippen molar-refractivity contribution < 1.29 is 9.53 Å². The maximum atomic E-state index is 12.4. The number of nitrogens with zero attached hydrogens (tertiary/aromatic N) is 2. The molecule has 1 heterocycles. The molecule has 132 valence electrons. The summed E-state index contributed by atoms with van der Waals surface area (Å²) >= 11 is 1.61. The molecule has 0 bridgehead atoms. The Labute approximate surface area is 153 Å². The number of aryl methyl sites for hydroxylation is 1. The molecule has 0 aromatic heterocycles. The third-order valence-electron chi connectivity index (χ3n) is 4.43. The first kappa shape index (κ1) is 17.7. The van der Waals surface area contributed by atoms with E-state index in [1.54, 1.807) is 18.9 Å². The first-order valence-corrected chi connectivity index (χ1v) is 9.50. The zero-order chi connectivity index (χ0) is 17.6. The molecule has 1 saturated heterocycles. The number of rotatable bonds is 5. The summed E-state index contributed by atoms with van der Waals surface area (Å²) in [4.78, 5) is 17.9. The maximum absolute atomic E-state index is 12.4. The molecule has 3 rings (SSSR count). The highest BCUT2D eigenvalue weighted by molar-refractivity contribution is 8.00. The fourth-order valence-electron chi connectivity index (χ4n) is 2.89. The minimum atomic E-state index is 0.218. The second kappa shape index (κ2) is 8.30. The lowest BCUT2D eigenvalue weighted by Gasteiger charge is -2.36. The number of thioether (sulfide) groups is 1. The molecule has 1 aliphatic rings. The summed E-state index contributed by atoms with van der Waals surface area (Å²) in [7, 11) is 1.68. The SMILES string of the molecule is COc1cccc(N2CCN(C(=O)CSc3ccc(C)cc3)CC2)c1. The number of piperazine rings is 1. The smallest absolute Gasteiger partial charge is 0.233 e. The van der Waals surface area contributed by atoms with Crippen molar-refractivity contribution in [3.8, 4) is 5.75 Å². The summed E-state index contributed by atoms with van der Waals surface area (Å²) in [5.41, 5.74) is 2.39. The topological polar surface area (TPSA) is 32.8 Å². The molecule has 0 spiro atoms. The molecule has 1 fully saturated rings. The number of carbonyl (C=O) groups is 1. The van der Waals surface area contributed by atoms with E-state index in [1.165, 1.54) is 5.56 Å². The molecule has 1 amide bonds. The average Bonchev–Trinajstić information content (AvgIpc) is 2.67. The highest BCUT2D eigenvalue weighted by Crippen LogP contribution is 2.23. The molecule has 0 unspecified atom stereocenters. The lowest BCUT2D eigenvalue weighted by molar-refractivity contribution is -0.128. The Morgan fingerprint density at radius 1 is 1.08 bits per heavy atom. The van der Waals surface area contributed by atoms with E-state index in [1.807, 2.05) is 23.1 Å². The summed E-state index contributed by atoms with van der Waals surface area (Å²) < 4.78 is 5.29. The number of amides is 1. The van der Waals surface area contributed by atoms with E-state index >= 15 is 0 Å². The predicted octanol–water partition coefficient (Wildman–Crippen LogP) is 3.44. The van der Waals surface area contributed by atoms with Gasteiger partial charge in [-0.05, 0) is 31.2 Å². The highest BCUT2D eigenvalue weighted by Gasteiger charge is 2.21. The number of methoxy groups -OCH3 is 1. The number of hydrogen-bond donors (Lipinski definition) is 0. The van der Waals surface area contributed by atoms with Crippen molar-refractivity contribution in [3.05, 3.63) is 54.1 Å². The fourth-order valence-corrected chi connectivity index (χ4v) is 3.69. The van der Waals surface area contributed by atoms with E-state index < -0.39 is 0 Å². The highest BCUT2D eigenvalue weighted by atomic mass is 32.2. The van der Waals surface area contributed by atoms with Crippen molar-refractivity contribution in [1.29, 1.82) is 0 Å². The van der Waals surface area contributed by atoms with Crippen molar-refractivity contribution in [2.45, 2.75) is 11.8 Å². The lowest BCUT2D eigenvalue weighted by atomic mass is 10.2. The molecule has 0 aliphatic carbocycles. The Morgan fingerprint density at radius 2 is 1.80 bits per heavy atom. The van der Waals surface area contributed by atoms with Crippen molar-refractivity contribution in [2.75, 3.05) is 43.9 Å². The van der Waals surface area contributed by atoms with Crippen LogP contribution in [-0.2, 0) is 4.79 Å². The third-order valence-corrected chi connectivity index (χ3v) is 5.43. The first-order chi connectivity index (χ1) is 12.2. The van der Waals surface area contributed by atoms with Crippen LogP contribution in [0.25, 0.3) is 0 Å². The summed E-state index contributed by atoms with van der Waals surface area (Å²) in [6.07, 6.45) is 0. The summed E-state index contributed by atoms with van der Waals surface area (Å²) in [6.45, 7) is 5.32. The summed E-state index contributed by atoms with van der Waals surface area (Å²) in [5.74, 6) is 1.59. The molecule has 4 nitrogen and oxygen atoms in total. The van der Waals surface area contributed by atoms with Gasteiger partial charge in [-0.2, -0.15) is 0 Å². The van der Waals surface area contributed by atoms with Gasteiger partial charge in [0.05, 0.1) is 12.9 Å². The van der Waals surface area contributed by atoms with Gasteiger partial charge in [-0.25, -0.2) is 0 Å². The number of benzene rings is 2. The maximum Gasteiger partial charge on any atom is 0.233 e. The zero-order valence-electron chi connectivity index (χ0n) is 14.8. The van der Waals surface area contributed by atoms with Crippen LogP contribution in [0.3, 0.4) is 0 Å². The van der Waals surface area contributed by atoms with Crippen LogP contribution in [0.15, 0.2) is 53.4 Å². The number of carbonyl (C=O) groups excluding carboxylic acids is 1. The van der Waals surface area contributed by atoms with Crippen LogP contribution in [0.5, 0.6) is 5.75 Å². The van der Waals surface area contributed by atoms with E-state index in [9.17, 15) is 4.79 Å². The van der Waals surface area contributed by atoms with E-state index in [2.05, 4.69) is 42.2 Å². The second-order valence-corrected chi connectivity index (χ2v) is 7.22. The molecule has 2 aromatic rings. The summed E-state index contributed by atoms with van der Waals surface area (Å²) in [6, 6.07) is 16.4. The van der Waals surface area contributed by atoms with Gasteiger partial charge in [-0.15, -0.1) is 11.8 Å². The van der Waals surface area contributed by atoms with Crippen LogP contribution >= 0.6 is 11.8 Å². The van der Waals surface area contributed by atoms with Gasteiger partial charge in [0.2, 0.25) is 5.91 Å². The van der Waals surface area contributed by atoms with E-state index in [0.717, 1.165) is 42.5 Å². The van der Waals surface area contributed by atoms with Crippen LogP contribution in [0.4, 0.5) is 5.69 Å². The summed E-state index contributed by atoms with van der Waals surface area (Å²) in [5, 5.41) is 0. The van der Waals surface area contributed by atoms with Gasteiger partial charge in [0.15, 0.2) is 0 Å². The number of ether oxygens (including phenoxy) is 1. The minimum absolute atomic E-state index is 0.218. The fraction of sp³-hybridized carbons (Fsp3) is 0.350. The Morgan fingerprint density at radius 3 is 2.48 bits per heavy atom. The van der Waals surface area contributed by atoms with Gasteiger partial charge in [-0.3, -0.25) is 4.79 Å². The molecule has 0 atom stereocenters. The van der Waals surface area contributed by atoms with Gasteiger partial charge in [-0.1, -0.05) is 23.8 Å². The molecule has 0 radical (unpaired) electrons. The first-order valence-electron chi connectivity index (χ1n) is 8.52. The standard InChI is InChI=1S/C20H24N2O2S/c1-16-6-8-19(9-7-16)25-15-20(23)22-12-10-21(11-13-22)17-4-3-5-18(14-17)24-2/h3-9,14H,10-13,15H2,1-2H3. The Balaban J connectivity index is 1.49. The van der Waals surface area contributed by atoms with Crippen molar-refractivity contribution in [1.82, 2.24) is 4.90 Å². The molecule has 0 saturated carbocycles. The molecule has 0 N–H and O–H groups in total. The predicted molar refractivity (Wildman–Crippen MR) is 104 cm³/mol. The van der Waals surface area contributed by atoms with Crippen LogP contribution in [-0.4, -0.2) is 49.8 Å². The number of hydrogen-bond acceptors (Lipinski definition) is 4. The molecule has 25 heavy (non-hydrogen) atoms. The van der Waals surface area contributed by atoms with Gasteiger partial charge in [0.1, 0.15) is 5.75 Å². The van der Waals surface area contributed by atoms with Crippen LogP contribution in [0, 0.1) is 6.92 Å². The van der Waals surface area contributed by atoms with E-state index in [-0.39, 0.29) is 5.91 Å². The largest absolute Gasteiger partial charge is 0.497 e. The Hall–Kier alpha value is -2.14. The van der Waals surface area contributed by atoms with Gasteiger partial charge < -0.3 is 14.5 Å². The Bertz CT molecular complexity index is 710. The average molecular weight is 356 g/mol. The molecule has 1 aliphatic heterocycles. The van der Waals surface area contributed by atoms with Crippen LogP contribution < -0.4 is 9.64 Å². The van der Waals surface area contributed by atoms with Crippen LogP contribution in [0.1, 0.15) is 5.56 Å². The normalized spacial score (nSPS) is 14.5. The molecular weight excluding hydrogens is 332 g/mol. The van der Waals surface area contributed by atoms with Crippen molar-refractivity contribution >= 4 is 23.4 Å². The Kier molecular flexibility index (Phi) is 5.87. The molecular formula is C20H24N2O2S. The van der Waals surface area contributed by atoms with Gasteiger partial charge in [0, 0.05) is 42.8 Å². The lowest BCUT2D eigenvalue weighted by Crippen LogP contribution is -2.49. The van der Waals surface area contributed by atoms with Gasteiger partial charge >= 0.3 is 0 Å². The number of anilines is 1. The van der Waals surface area contributed by atoms with Crippen LogP contribution in [0.2, 0.25) is 0 Å². The zero-order valence-corrected chi connectivity index (χ0v) is 15.6.